The molecule has 1 saturated heterocycles. The first kappa shape index (κ1) is 20.8. The number of piperazine rings is 1. The Hall–Kier alpha value is -2.95. The number of amides is 1. The number of nitrogens with zero attached hydrogens (tertiary/aromatic N) is 1. The van der Waals surface area contributed by atoms with Crippen LogP contribution in [0.1, 0.15) is 18.1 Å². The van der Waals surface area contributed by atoms with Crippen molar-refractivity contribution in [2.24, 2.45) is 0 Å². The van der Waals surface area contributed by atoms with Crippen LogP contribution >= 0.6 is 0 Å². The van der Waals surface area contributed by atoms with E-state index in [1.54, 1.807) is 37.4 Å². The van der Waals surface area contributed by atoms with E-state index >= 15 is 0 Å². The molecule has 3 rings (SSSR count). The van der Waals surface area contributed by atoms with E-state index in [2.05, 4.69) is 11.4 Å². The molecule has 7 heteroatoms. The molecular formula is C22H27FN4O2+2. The zero-order valence-corrected chi connectivity index (χ0v) is 16.8. The van der Waals surface area contributed by atoms with Gasteiger partial charge >= 0.3 is 0 Å². The normalized spacial score (nSPS) is 19.8. The molecule has 1 aliphatic rings. The molecule has 1 fully saturated rings. The Balaban J connectivity index is 1.54. The third-order valence-corrected chi connectivity index (χ3v) is 5.55. The summed E-state index contributed by atoms with van der Waals surface area (Å²) in [5, 5.41) is 11.9. The number of carbonyl (C=O) groups is 1. The molecule has 0 spiro atoms. The van der Waals surface area contributed by atoms with Gasteiger partial charge in [0.1, 0.15) is 44.3 Å². The van der Waals surface area contributed by atoms with Gasteiger partial charge in [-0.1, -0.05) is 6.07 Å². The largest absolute Gasteiger partial charge is 0.496 e. The number of benzene rings is 2. The number of nitrogens with one attached hydrogen (secondary N) is 3. The topological polar surface area (TPSA) is 71.0 Å². The highest BCUT2D eigenvalue weighted by Gasteiger charge is 2.31. The van der Waals surface area contributed by atoms with Crippen LogP contribution < -0.4 is 19.9 Å². The molecule has 0 bridgehead atoms. The number of halogens is 1. The van der Waals surface area contributed by atoms with E-state index in [9.17, 15) is 9.18 Å². The fourth-order valence-electron chi connectivity index (χ4n) is 3.79. The molecule has 1 atom stereocenters. The standard InChI is InChI=1S/C22H25FN4O2/c1-16(22(28)25-20-5-3-4-17(12-20)14-24)27-10-8-26(9-11-27)15-18-13-19(23)6-7-21(18)29-2/h3-7,12-13,16H,8-11,15H2,1-2H3,(H,25,28)/p+2/t16-/m0/s1. The first-order chi connectivity index (χ1) is 14.0. The highest BCUT2D eigenvalue weighted by molar-refractivity contribution is 5.93. The van der Waals surface area contributed by atoms with Crippen LogP contribution in [0.3, 0.4) is 0 Å². The summed E-state index contributed by atoms with van der Waals surface area (Å²) >= 11 is 0. The average Bonchev–Trinajstić information content (AvgIpc) is 2.74. The zero-order valence-electron chi connectivity index (χ0n) is 16.8. The molecule has 0 saturated carbocycles. The average molecular weight is 398 g/mol. The Kier molecular flexibility index (Phi) is 6.81. The number of quaternary nitrogens is 2. The van der Waals surface area contributed by atoms with Crippen LogP contribution in [0.25, 0.3) is 0 Å². The number of hydrogen-bond acceptors (Lipinski definition) is 3. The summed E-state index contributed by atoms with van der Waals surface area (Å²) in [4.78, 5) is 15.2. The molecular weight excluding hydrogens is 371 g/mol. The molecule has 0 radical (unpaired) electrons. The Morgan fingerprint density at radius 3 is 2.69 bits per heavy atom. The van der Waals surface area contributed by atoms with Gasteiger partial charge in [-0.2, -0.15) is 5.26 Å². The van der Waals surface area contributed by atoms with Gasteiger partial charge in [0, 0.05) is 5.69 Å². The maximum Gasteiger partial charge on any atom is 0.282 e. The molecule has 0 aliphatic carbocycles. The summed E-state index contributed by atoms with van der Waals surface area (Å²) in [7, 11) is 1.60. The first-order valence-electron chi connectivity index (χ1n) is 9.81. The fraction of sp³-hybridized carbons (Fsp3) is 0.364. The summed E-state index contributed by atoms with van der Waals surface area (Å²) in [6.07, 6.45) is 0. The van der Waals surface area contributed by atoms with Gasteiger partial charge in [-0.25, -0.2) is 4.39 Å². The van der Waals surface area contributed by atoms with Crippen molar-refractivity contribution >= 4 is 11.6 Å². The van der Waals surface area contributed by atoms with E-state index in [0.717, 1.165) is 31.7 Å². The summed E-state index contributed by atoms with van der Waals surface area (Å²) in [6.45, 7) is 6.15. The molecule has 0 unspecified atom stereocenters. The van der Waals surface area contributed by atoms with E-state index in [4.69, 9.17) is 10.00 Å². The van der Waals surface area contributed by atoms with Crippen LogP contribution in [-0.2, 0) is 11.3 Å². The number of methoxy groups -OCH3 is 1. The summed E-state index contributed by atoms with van der Waals surface area (Å²) in [5.41, 5.74) is 2.03. The molecule has 6 nitrogen and oxygen atoms in total. The third kappa shape index (κ3) is 5.31. The minimum Gasteiger partial charge on any atom is -0.496 e. The van der Waals surface area contributed by atoms with Crippen molar-refractivity contribution in [2.75, 3.05) is 38.6 Å². The van der Waals surface area contributed by atoms with Crippen LogP contribution in [0, 0.1) is 17.1 Å². The Morgan fingerprint density at radius 2 is 2.00 bits per heavy atom. The van der Waals surface area contributed by atoms with Crippen LogP contribution in [0.2, 0.25) is 0 Å². The fourth-order valence-corrected chi connectivity index (χ4v) is 3.79. The lowest BCUT2D eigenvalue weighted by molar-refractivity contribution is -1.02. The van der Waals surface area contributed by atoms with E-state index in [1.807, 2.05) is 6.92 Å². The minimum atomic E-state index is -0.254. The molecule has 29 heavy (non-hydrogen) atoms. The van der Waals surface area contributed by atoms with E-state index in [0.29, 0.717) is 23.5 Å². The van der Waals surface area contributed by atoms with Crippen LogP contribution in [-0.4, -0.2) is 45.2 Å². The van der Waals surface area contributed by atoms with Crippen molar-refractivity contribution in [2.45, 2.75) is 19.5 Å². The maximum atomic E-state index is 13.6. The van der Waals surface area contributed by atoms with Gasteiger partial charge in [0.15, 0.2) is 6.04 Å². The molecule has 1 amide bonds. The molecule has 2 aromatic rings. The summed E-state index contributed by atoms with van der Waals surface area (Å²) < 4.78 is 18.9. The van der Waals surface area contributed by atoms with Gasteiger partial charge in [-0.15, -0.1) is 0 Å². The van der Waals surface area contributed by atoms with E-state index < -0.39 is 0 Å². The van der Waals surface area contributed by atoms with Gasteiger partial charge in [-0.3, -0.25) is 4.79 Å². The predicted molar refractivity (Wildman–Crippen MR) is 107 cm³/mol. The summed E-state index contributed by atoms with van der Waals surface area (Å²) in [6, 6.07) is 13.4. The Morgan fingerprint density at radius 1 is 1.24 bits per heavy atom. The van der Waals surface area contributed by atoms with Crippen molar-refractivity contribution in [1.82, 2.24) is 0 Å². The zero-order chi connectivity index (χ0) is 20.8. The van der Waals surface area contributed by atoms with Crippen LogP contribution in [0.4, 0.5) is 10.1 Å². The lowest BCUT2D eigenvalue weighted by Gasteiger charge is -2.32. The SMILES string of the molecule is COc1ccc(F)cc1C[NH+]1CC[NH+]([C@@H](C)C(=O)Nc2cccc(C#N)c2)CC1. The van der Waals surface area contributed by atoms with Crippen LogP contribution in [0.5, 0.6) is 5.75 Å². The molecule has 0 aromatic heterocycles. The molecule has 2 aromatic carbocycles. The quantitative estimate of drug-likeness (QED) is 0.642. The van der Waals surface area contributed by atoms with Crippen molar-refractivity contribution in [1.29, 1.82) is 5.26 Å². The number of rotatable bonds is 6. The van der Waals surface area contributed by atoms with E-state index in [1.165, 1.54) is 21.9 Å². The second-order valence-corrected chi connectivity index (χ2v) is 7.44. The second-order valence-electron chi connectivity index (χ2n) is 7.44. The van der Waals surface area contributed by atoms with E-state index in [-0.39, 0.29) is 17.8 Å². The highest BCUT2D eigenvalue weighted by Crippen LogP contribution is 2.18. The molecule has 1 heterocycles. The minimum absolute atomic E-state index is 0.0506. The van der Waals surface area contributed by atoms with Gasteiger partial charge in [-0.05, 0) is 43.3 Å². The molecule has 152 valence electrons. The number of carbonyl (C=O) groups excluding carboxylic acids is 1. The number of ether oxygens (including phenoxy) is 1. The van der Waals surface area contributed by atoms with Gasteiger partial charge in [0.2, 0.25) is 0 Å². The maximum absolute atomic E-state index is 13.6. The number of nitriles is 1. The van der Waals surface area contributed by atoms with Crippen molar-refractivity contribution in [3.8, 4) is 11.8 Å². The monoisotopic (exact) mass is 398 g/mol. The lowest BCUT2D eigenvalue weighted by Crippen LogP contribution is -3.29. The molecule has 3 N–H and O–H groups in total. The lowest BCUT2D eigenvalue weighted by atomic mass is 10.1. The van der Waals surface area contributed by atoms with Crippen LogP contribution in [0.15, 0.2) is 42.5 Å². The smallest absolute Gasteiger partial charge is 0.282 e. The Labute approximate surface area is 170 Å². The molecule has 1 aliphatic heterocycles. The highest BCUT2D eigenvalue weighted by atomic mass is 19.1. The number of hydrogen-bond donors (Lipinski definition) is 3. The first-order valence-corrected chi connectivity index (χ1v) is 9.81. The third-order valence-electron chi connectivity index (χ3n) is 5.55. The van der Waals surface area contributed by atoms with Crippen molar-refractivity contribution in [3.63, 3.8) is 0 Å². The van der Waals surface area contributed by atoms with Crippen molar-refractivity contribution < 1.29 is 23.7 Å². The van der Waals surface area contributed by atoms with Crippen molar-refractivity contribution in [3.05, 3.63) is 59.4 Å². The predicted octanol–water partition coefficient (Wildman–Crippen LogP) is 0.0166. The summed E-state index contributed by atoms with van der Waals surface area (Å²) in [5.74, 6) is 0.404. The number of anilines is 1. The Bertz CT molecular complexity index is 904. The van der Waals surface area contributed by atoms with Gasteiger partial charge in [0.25, 0.3) is 5.91 Å². The van der Waals surface area contributed by atoms with Gasteiger partial charge < -0.3 is 19.9 Å². The van der Waals surface area contributed by atoms with Gasteiger partial charge in [0.05, 0.1) is 24.3 Å². The second kappa shape index (κ2) is 9.50.